The van der Waals surface area contributed by atoms with Gasteiger partial charge in [-0.1, -0.05) is 17.4 Å². The van der Waals surface area contributed by atoms with Gasteiger partial charge >= 0.3 is 6.18 Å². The summed E-state index contributed by atoms with van der Waals surface area (Å²) in [6.45, 7) is 0.502. The maximum Gasteiger partial charge on any atom is 0.427 e. The van der Waals surface area contributed by atoms with Crippen molar-refractivity contribution in [3.8, 4) is 0 Å². The molecule has 0 aliphatic carbocycles. The average molecular weight is 264 g/mol. The van der Waals surface area contributed by atoms with Gasteiger partial charge in [-0.2, -0.15) is 13.2 Å². The Balaban J connectivity index is 1.98. The van der Waals surface area contributed by atoms with E-state index in [1.807, 2.05) is 17.5 Å². The van der Waals surface area contributed by atoms with Crippen LogP contribution in [0.5, 0.6) is 0 Å². The van der Waals surface area contributed by atoms with E-state index in [2.05, 4.69) is 10.3 Å². The van der Waals surface area contributed by atoms with E-state index in [4.69, 9.17) is 0 Å². The Morgan fingerprint density at radius 1 is 1.38 bits per heavy atom. The zero-order chi connectivity index (χ0) is 11.6. The fourth-order valence-electron chi connectivity index (χ4n) is 1.06. The van der Waals surface area contributed by atoms with Crippen LogP contribution in [0.3, 0.4) is 0 Å². The second-order valence-corrected chi connectivity index (χ2v) is 5.02. The molecule has 7 heteroatoms. The Bertz CT molecular complexity index is 448. The van der Waals surface area contributed by atoms with E-state index in [-0.39, 0.29) is 0 Å². The maximum absolute atomic E-state index is 12.3. The van der Waals surface area contributed by atoms with Gasteiger partial charge in [0.05, 0.1) is 12.7 Å². The van der Waals surface area contributed by atoms with Crippen LogP contribution >= 0.6 is 22.7 Å². The summed E-state index contributed by atoms with van der Waals surface area (Å²) in [5, 5.41) is 5.07. The minimum atomic E-state index is -4.31. The normalized spacial score (nSPS) is 11.7. The van der Waals surface area contributed by atoms with Crippen LogP contribution in [0.4, 0.5) is 18.3 Å². The van der Waals surface area contributed by atoms with Crippen molar-refractivity contribution in [3.05, 3.63) is 33.5 Å². The lowest BCUT2D eigenvalue weighted by Gasteiger charge is -2.00. The predicted octanol–water partition coefficient (Wildman–Crippen LogP) is 3.84. The Morgan fingerprint density at radius 3 is 2.75 bits per heavy atom. The minimum Gasteiger partial charge on any atom is -0.357 e. The van der Waals surface area contributed by atoms with Crippen molar-refractivity contribution in [2.75, 3.05) is 5.32 Å². The summed E-state index contributed by atoms with van der Waals surface area (Å²) < 4.78 is 36.8. The Hall–Kier alpha value is -1.08. The number of alkyl halides is 3. The van der Waals surface area contributed by atoms with Crippen LogP contribution in [0.25, 0.3) is 0 Å². The fraction of sp³-hybridized carbons (Fsp3) is 0.222. The van der Waals surface area contributed by atoms with Gasteiger partial charge in [-0.25, -0.2) is 4.98 Å². The highest BCUT2D eigenvalue weighted by atomic mass is 32.1. The van der Waals surface area contributed by atoms with E-state index in [9.17, 15) is 13.2 Å². The number of rotatable bonds is 3. The second kappa shape index (κ2) is 4.42. The van der Waals surface area contributed by atoms with Crippen molar-refractivity contribution in [1.82, 2.24) is 4.98 Å². The third-order valence-corrected chi connectivity index (χ3v) is 3.66. The van der Waals surface area contributed by atoms with Gasteiger partial charge in [-0.05, 0) is 11.4 Å². The lowest BCUT2D eigenvalue weighted by Crippen LogP contribution is -2.00. The molecule has 86 valence electrons. The third kappa shape index (κ3) is 2.73. The van der Waals surface area contributed by atoms with E-state index in [1.54, 1.807) is 11.3 Å². The second-order valence-electron chi connectivity index (χ2n) is 2.96. The van der Waals surface area contributed by atoms with Crippen molar-refractivity contribution >= 4 is 27.8 Å². The molecule has 2 nitrogen and oxygen atoms in total. The van der Waals surface area contributed by atoms with Crippen LogP contribution in [-0.4, -0.2) is 4.98 Å². The van der Waals surface area contributed by atoms with Gasteiger partial charge in [0, 0.05) is 4.88 Å². The van der Waals surface area contributed by atoms with E-state index < -0.39 is 11.1 Å². The molecule has 0 aliphatic heterocycles. The highest BCUT2D eigenvalue weighted by Gasteiger charge is 2.33. The first kappa shape index (κ1) is 11.4. The SMILES string of the molecule is FC(F)(F)c1cnc(NCc2cccs2)s1. The molecule has 0 bridgehead atoms. The molecule has 16 heavy (non-hydrogen) atoms. The Labute approximate surface area is 97.8 Å². The number of hydrogen-bond donors (Lipinski definition) is 1. The molecular formula is C9H7F3N2S2. The summed E-state index contributed by atoms with van der Waals surface area (Å²) >= 11 is 2.17. The Morgan fingerprint density at radius 2 is 2.19 bits per heavy atom. The first-order valence-electron chi connectivity index (χ1n) is 4.35. The number of nitrogens with zero attached hydrogens (tertiary/aromatic N) is 1. The summed E-state index contributed by atoms with van der Waals surface area (Å²) in [5.41, 5.74) is 0. The summed E-state index contributed by atoms with van der Waals surface area (Å²) in [6, 6.07) is 3.81. The van der Waals surface area contributed by atoms with Gasteiger partial charge in [0.1, 0.15) is 4.88 Å². The van der Waals surface area contributed by atoms with Gasteiger partial charge in [0.25, 0.3) is 0 Å². The topological polar surface area (TPSA) is 24.9 Å². The molecule has 0 radical (unpaired) electrons. The average Bonchev–Trinajstić information content (AvgIpc) is 2.85. The van der Waals surface area contributed by atoms with Crippen molar-refractivity contribution in [2.24, 2.45) is 0 Å². The quantitative estimate of drug-likeness (QED) is 0.911. The van der Waals surface area contributed by atoms with Crippen LogP contribution in [0, 0.1) is 0 Å². The van der Waals surface area contributed by atoms with Gasteiger partial charge in [0.2, 0.25) is 0 Å². The van der Waals surface area contributed by atoms with Crippen molar-refractivity contribution in [1.29, 1.82) is 0 Å². The largest absolute Gasteiger partial charge is 0.427 e. The molecule has 2 rings (SSSR count). The zero-order valence-corrected chi connectivity index (χ0v) is 9.55. The number of aromatic nitrogens is 1. The highest BCUT2D eigenvalue weighted by molar-refractivity contribution is 7.15. The maximum atomic E-state index is 12.3. The Kier molecular flexibility index (Phi) is 3.15. The molecule has 0 aliphatic rings. The van der Waals surface area contributed by atoms with E-state index in [0.29, 0.717) is 23.0 Å². The van der Waals surface area contributed by atoms with Crippen LogP contribution in [0.1, 0.15) is 9.75 Å². The molecule has 0 unspecified atom stereocenters. The lowest BCUT2D eigenvalue weighted by atomic mass is 10.5. The summed E-state index contributed by atoms with van der Waals surface area (Å²) in [5.74, 6) is 0. The van der Waals surface area contributed by atoms with Crippen molar-refractivity contribution in [2.45, 2.75) is 12.7 Å². The molecule has 0 saturated heterocycles. The standard InChI is InChI=1S/C9H7F3N2S2/c10-9(11,12)7-5-14-8(16-7)13-4-6-2-1-3-15-6/h1-3,5H,4H2,(H,13,14). The molecule has 0 saturated carbocycles. The molecule has 2 aromatic heterocycles. The van der Waals surface area contributed by atoms with Gasteiger partial charge in [0.15, 0.2) is 5.13 Å². The zero-order valence-electron chi connectivity index (χ0n) is 7.91. The smallest absolute Gasteiger partial charge is 0.357 e. The molecule has 0 amide bonds. The number of thiophene rings is 1. The summed E-state index contributed by atoms with van der Waals surface area (Å²) in [7, 11) is 0. The molecular weight excluding hydrogens is 257 g/mol. The van der Waals surface area contributed by atoms with Crippen LogP contribution in [0.15, 0.2) is 23.7 Å². The molecule has 1 N–H and O–H groups in total. The van der Waals surface area contributed by atoms with Crippen molar-refractivity contribution in [3.63, 3.8) is 0 Å². The van der Waals surface area contributed by atoms with Crippen LogP contribution < -0.4 is 5.32 Å². The molecule has 0 aromatic carbocycles. The fourth-order valence-corrected chi connectivity index (χ4v) is 2.39. The number of anilines is 1. The molecule has 0 atom stereocenters. The molecule has 0 fully saturated rings. The number of nitrogens with one attached hydrogen (secondary N) is 1. The van der Waals surface area contributed by atoms with E-state index >= 15 is 0 Å². The lowest BCUT2D eigenvalue weighted by molar-refractivity contribution is -0.134. The molecule has 0 spiro atoms. The van der Waals surface area contributed by atoms with Crippen molar-refractivity contribution < 1.29 is 13.2 Å². The van der Waals surface area contributed by atoms with Gasteiger partial charge in [-0.15, -0.1) is 11.3 Å². The number of thiazole rings is 1. The first-order valence-corrected chi connectivity index (χ1v) is 6.04. The summed E-state index contributed by atoms with van der Waals surface area (Å²) in [4.78, 5) is 4.05. The molecule has 2 aromatic rings. The monoisotopic (exact) mass is 264 g/mol. The third-order valence-electron chi connectivity index (χ3n) is 1.78. The highest BCUT2D eigenvalue weighted by Crippen LogP contribution is 2.35. The van der Waals surface area contributed by atoms with Crippen LogP contribution in [0.2, 0.25) is 0 Å². The van der Waals surface area contributed by atoms with Crippen LogP contribution in [-0.2, 0) is 12.7 Å². The van der Waals surface area contributed by atoms with E-state index in [0.717, 1.165) is 11.1 Å². The number of hydrogen-bond acceptors (Lipinski definition) is 4. The number of halogens is 3. The molecule has 2 heterocycles. The predicted molar refractivity (Wildman–Crippen MR) is 58.8 cm³/mol. The first-order chi connectivity index (χ1) is 7.55. The van der Waals surface area contributed by atoms with E-state index in [1.165, 1.54) is 0 Å². The van der Waals surface area contributed by atoms with Gasteiger partial charge in [-0.3, -0.25) is 0 Å². The summed E-state index contributed by atoms with van der Waals surface area (Å²) in [6.07, 6.45) is -3.46. The van der Waals surface area contributed by atoms with Gasteiger partial charge < -0.3 is 5.32 Å². The minimum absolute atomic E-state index is 0.292.